The van der Waals surface area contributed by atoms with Gasteiger partial charge in [0, 0.05) is 17.8 Å². The molecule has 1 saturated heterocycles. The van der Waals surface area contributed by atoms with Crippen molar-refractivity contribution in [1.29, 1.82) is 0 Å². The number of amides is 1. The highest BCUT2D eigenvalue weighted by atomic mass is 19.4. The standard InChI is InChI=1S/C30H34F4N2O3/c1-17-6-3-9-23(31)26(17)28(37)36-25-11-4-7-19(25)16-21(29(38)39-2)27(36)18-12-14-20(15-13-18)35-24-10-5-8-22(24)30(32,33)34/h3,6,9,12-15,19,21-22,24-25,27,35H,4-5,7-8,10-11,16H2,1-2H3/t19-,21?,22+,24?,25?,27+/m1/s1. The molecule has 1 aliphatic heterocycles. The van der Waals surface area contributed by atoms with E-state index in [4.69, 9.17) is 4.74 Å². The van der Waals surface area contributed by atoms with Crippen molar-refractivity contribution in [2.75, 3.05) is 12.4 Å². The van der Waals surface area contributed by atoms with Gasteiger partial charge in [-0.1, -0.05) is 37.1 Å². The van der Waals surface area contributed by atoms with E-state index in [2.05, 4.69) is 5.32 Å². The second kappa shape index (κ2) is 10.8. The van der Waals surface area contributed by atoms with Gasteiger partial charge >= 0.3 is 12.1 Å². The number of benzene rings is 2. The summed E-state index contributed by atoms with van der Waals surface area (Å²) in [5.74, 6) is -3.44. The van der Waals surface area contributed by atoms with E-state index in [-0.39, 0.29) is 23.9 Å². The lowest BCUT2D eigenvalue weighted by Gasteiger charge is -2.47. The molecule has 5 nitrogen and oxygen atoms in total. The number of halogens is 4. The van der Waals surface area contributed by atoms with Crippen LogP contribution in [0.1, 0.15) is 72.5 Å². The summed E-state index contributed by atoms with van der Waals surface area (Å²) in [5.41, 5.74) is 1.73. The molecule has 1 heterocycles. The second-order valence-electron chi connectivity index (χ2n) is 11.2. The quantitative estimate of drug-likeness (QED) is 0.330. The van der Waals surface area contributed by atoms with Crippen LogP contribution < -0.4 is 5.32 Å². The molecule has 0 spiro atoms. The van der Waals surface area contributed by atoms with E-state index in [1.165, 1.54) is 13.2 Å². The molecule has 0 bridgehead atoms. The highest BCUT2D eigenvalue weighted by molar-refractivity contribution is 5.97. The highest BCUT2D eigenvalue weighted by Gasteiger charge is 2.51. The molecule has 210 valence electrons. The molecule has 2 aromatic rings. The summed E-state index contributed by atoms with van der Waals surface area (Å²) in [7, 11) is 1.32. The Kier molecular flexibility index (Phi) is 7.62. The van der Waals surface area contributed by atoms with Gasteiger partial charge < -0.3 is 15.0 Å². The van der Waals surface area contributed by atoms with Gasteiger partial charge in [0.05, 0.1) is 30.6 Å². The van der Waals surface area contributed by atoms with Crippen molar-refractivity contribution in [1.82, 2.24) is 4.90 Å². The van der Waals surface area contributed by atoms with E-state index in [1.54, 1.807) is 48.2 Å². The summed E-state index contributed by atoms with van der Waals surface area (Å²) in [6.07, 6.45) is -0.114. The van der Waals surface area contributed by atoms with Gasteiger partial charge in [-0.15, -0.1) is 0 Å². The first-order chi connectivity index (χ1) is 18.6. The highest BCUT2D eigenvalue weighted by Crippen LogP contribution is 2.49. The van der Waals surface area contributed by atoms with Gasteiger partial charge in [-0.25, -0.2) is 4.39 Å². The number of nitrogens with zero attached hydrogens (tertiary/aromatic N) is 1. The number of alkyl halides is 3. The number of hydrogen-bond donors (Lipinski definition) is 1. The molecule has 3 unspecified atom stereocenters. The van der Waals surface area contributed by atoms with Crippen LogP contribution in [-0.4, -0.2) is 42.1 Å². The molecule has 2 saturated carbocycles. The number of fused-ring (bicyclic) bond motifs is 1. The van der Waals surface area contributed by atoms with Crippen molar-refractivity contribution >= 4 is 17.6 Å². The molecule has 39 heavy (non-hydrogen) atoms. The Morgan fingerprint density at radius 3 is 2.38 bits per heavy atom. The monoisotopic (exact) mass is 546 g/mol. The van der Waals surface area contributed by atoms with Crippen molar-refractivity contribution in [3.05, 3.63) is 65.0 Å². The van der Waals surface area contributed by atoms with Gasteiger partial charge in [0.25, 0.3) is 5.91 Å². The van der Waals surface area contributed by atoms with Crippen LogP contribution in [-0.2, 0) is 9.53 Å². The van der Waals surface area contributed by atoms with Crippen LogP contribution in [0.4, 0.5) is 23.2 Å². The van der Waals surface area contributed by atoms with Gasteiger partial charge in [0.2, 0.25) is 0 Å². The summed E-state index contributed by atoms with van der Waals surface area (Å²) in [6, 6.07) is 9.89. The molecule has 9 heteroatoms. The Hall–Kier alpha value is -3.10. The molecule has 0 aromatic heterocycles. The van der Waals surface area contributed by atoms with Crippen LogP contribution >= 0.6 is 0 Å². The Morgan fingerprint density at radius 1 is 1.00 bits per heavy atom. The largest absolute Gasteiger partial charge is 0.469 e. The summed E-state index contributed by atoms with van der Waals surface area (Å²) in [6.45, 7) is 1.69. The minimum Gasteiger partial charge on any atom is -0.469 e. The fourth-order valence-electron chi connectivity index (χ4n) is 7.11. The summed E-state index contributed by atoms with van der Waals surface area (Å²) < 4.78 is 60.5. The maximum Gasteiger partial charge on any atom is 0.393 e. The Bertz CT molecular complexity index is 1200. The van der Waals surface area contributed by atoms with Crippen molar-refractivity contribution in [3.8, 4) is 0 Å². The first-order valence-corrected chi connectivity index (χ1v) is 13.7. The van der Waals surface area contributed by atoms with Gasteiger partial charge in [0.1, 0.15) is 5.82 Å². The number of ether oxygens (including phenoxy) is 1. The number of carbonyl (C=O) groups excluding carboxylic acids is 2. The van der Waals surface area contributed by atoms with Gasteiger partial charge in [-0.3, -0.25) is 9.59 Å². The zero-order valence-corrected chi connectivity index (χ0v) is 22.1. The number of carbonyl (C=O) groups is 2. The third kappa shape index (κ3) is 5.24. The minimum atomic E-state index is -4.26. The van der Waals surface area contributed by atoms with E-state index in [0.29, 0.717) is 36.1 Å². The maximum atomic E-state index is 15.0. The molecular weight excluding hydrogens is 512 g/mol. The molecular formula is C30H34F4N2O3. The number of aryl methyl sites for hydroxylation is 1. The molecule has 3 fully saturated rings. The molecule has 2 aliphatic carbocycles. The lowest BCUT2D eigenvalue weighted by atomic mass is 9.76. The van der Waals surface area contributed by atoms with Crippen LogP contribution in [0.25, 0.3) is 0 Å². The molecule has 1 N–H and O–H groups in total. The van der Waals surface area contributed by atoms with E-state index >= 15 is 0 Å². The van der Waals surface area contributed by atoms with Crippen LogP contribution in [0.15, 0.2) is 42.5 Å². The molecule has 6 atom stereocenters. The topological polar surface area (TPSA) is 58.6 Å². The molecule has 1 amide bonds. The lowest BCUT2D eigenvalue weighted by Crippen LogP contribution is -2.53. The predicted octanol–water partition coefficient (Wildman–Crippen LogP) is 6.82. The van der Waals surface area contributed by atoms with Gasteiger partial charge in [-0.2, -0.15) is 13.2 Å². The number of hydrogen-bond acceptors (Lipinski definition) is 4. The van der Waals surface area contributed by atoms with E-state index in [1.807, 2.05) is 0 Å². The van der Waals surface area contributed by atoms with Crippen molar-refractivity contribution in [2.45, 2.75) is 76.2 Å². The predicted molar refractivity (Wildman–Crippen MR) is 139 cm³/mol. The van der Waals surface area contributed by atoms with Crippen LogP contribution in [0.5, 0.6) is 0 Å². The number of rotatable bonds is 5. The molecule has 0 radical (unpaired) electrons. The van der Waals surface area contributed by atoms with Crippen LogP contribution in [0.2, 0.25) is 0 Å². The van der Waals surface area contributed by atoms with E-state index in [9.17, 15) is 27.2 Å². The molecule has 3 aliphatic rings. The molecule has 5 rings (SSSR count). The first kappa shape index (κ1) is 27.5. The SMILES string of the molecule is COC(=O)C1C[C@H]2CCCC2N(C(=O)c2c(C)cccc2F)[C@H]1c1ccc(NC2CCC[C@@H]2C(F)(F)F)cc1. The van der Waals surface area contributed by atoms with Crippen LogP contribution in [0, 0.1) is 30.5 Å². The Morgan fingerprint density at radius 2 is 1.72 bits per heavy atom. The van der Waals surface area contributed by atoms with Crippen LogP contribution in [0.3, 0.4) is 0 Å². The molecule has 2 aromatic carbocycles. The number of esters is 1. The average Bonchev–Trinajstić information content (AvgIpc) is 3.57. The third-order valence-corrected chi connectivity index (χ3v) is 8.93. The fourth-order valence-corrected chi connectivity index (χ4v) is 7.11. The van der Waals surface area contributed by atoms with Crippen molar-refractivity contribution in [2.24, 2.45) is 17.8 Å². The van der Waals surface area contributed by atoms with Crippen molar-refractivity contribution < 1.29 is 31.9 Å². The number of nitrogens with one attached hydrogen (secondary N) is 1. The lowest BCUT2D eigenvalue weighted by molar-refractivity contribution is -0.174. The van der Waals surface area contributed by atoms with E-state index in [0.717, 1.165) is 19.3 Å². The average molecular weight is 547 g/mol. The van der Waals surface area contributed by atoms with Crippen molar-refractivity contribution in [3.63, 3.8) is 0 Å². The first-order valence-electron chi connectivity index (χ1n) is 13.7. The smallest absolute Gasteiger partial charge is 0.393 e. The minimum absolute atomic E-state index is 0.00335. The fraction of sp³-hybridized carbons (Fsp3) is 0.533. The normalized spacial score (nSPS) is 28.7. The van der Waals surface area contributed by atoms with E-state index < -0.39 is 47.8 Å². The second-order valence-corrected chi connectivity index (χ2v) is 11.2. The Labute approximate surface area is 225 Å². The third-order valence-electron chi connectivity index (χ3n) is 8.93. The number of likely N-dealkylation sites (tertiary alicyclic amines) is 1. The zero-order valence-electron chi connectivity index (χ0n) is 22.1. The number of anilines is 1. The van der Waals surface area contributed by atoms with Gasteiger partial charge in [-0.05, 0) is 74.3 Å². The number of methoxy groups -OCH3 is 1. The van der Waals surface area contributed by atoms with Gasteiger partial charge in [0.15, 0.2) is 0 Å². The summed E-state index contributed by atoms with van der Waals surface area (Å²) in [4.78, 5) is 28.8. The number of piperidine rings is 1. The zero-order chi connectivity index (χ0) is 27.9. The maximum absolute atomic E-state index is 15.0. The summed E-state index contributed by atoms with van der Waals surface area (Å²) in [5, 5.41) is 3.04. The summed E-state index contributed by atoms with van der Waals surface area (Å²) >= 11 is 0. The Balaban J connectivity index is 1.50.